The normalized spacial score (nSPS) is 10.7. The van der Waals surface area contributed by atoms with Gasteiger partial charge in [-0.15, -0.1) is 0 Å². The molecule has 5 heteroatoms. The first-order valence-corrected chi connectivity index (χ1v) is 3.71. The molecule has 1 heterocycles. The van der Waals surface area contributed by atoms with Gasteiger partial charge in [0.05, 0.1) is 6.26 Å². The smallest absolute Gasteiger partial charge is 0.464 e. The second-order valence-electron chi connectivity index (χ2n) is 2.71. The minimum absolute atomic E-state index is 0.178. The second kappa shape index (κ2) is 2.87. The Hall–Kier alpha value is -1.33. The zero-order valence-electron chi connectivity index (χ0n) is 6.57. The first-order chi connectivity index (χ1) is 6.18. The number of hydrogen-bond donors (Lipinski definition) is 2. The summed E-state index contributed by atoms with van der Waals surface area (Å²) in [6, 6.07) is 4.08. The highest BCUT2D eigenvalue weighted by atomic mass is 19.1. The summed E-state index contributed by atoms with van der Waals surface area (Å²) in [5.41, 5.74) is 0.256. The number of furan rings is 1. The van der Waals surface area contributed by atoms with Crippen molar-refractivity contribution < 1.29 is 18.9 Å². The van der Waals surface area contributed by atoms with Crippen molar-refractivity contribution in [3.63, 3.8) is 0 Å². The third-order valence-electron chi connectivity index (χ3n) is 1.85. The fourth-order valence-electron chi connectivity index (χ4n) is 1.20. The summed E-state index contributed by atoms with van der Waals surface area (Å²) in [6.07, 6.45) is 1.41. The molecule has 0 radical (unpaired) electrons. The van der Waals surface area contributed by atoms with Gasteiger partial charge in [-0.1, -0.05) is 0 Å². The minimum atomic E-state index is -1.81. The Kier molecular flexibility index (Phi) is 1.83. The summed E-state index contributed by atoms with van der Waals surface area (Å²) in [4.78, 5) is 0. The Labute approximate surface area is 73.6 Å². The number of halogens is 1. The average molecular weight is 180 g/mol. The molecular formula is C8H6BFO3. The largest absolute Gasteiger partial charge is 0.491 e. The van der Waals surface area contributed by atoms with Gasteiger partial charge in [0.25, 0.3) is 0 Å². The molecule has 0 atom stereocenters. The summed E-state index contributed by atoms with van der Waals surface area (Å²) < 4.78 is 18.1. The van der Waals surface area contributed by atoms with E-state index in [2.05, 4.69) is 0 Å². The predicted octanol–water partition coefficient (Wildman–Crippen LogP) is 0.252. The second-order valence-corrected chi connectivity index (χ2v) is 2.71. The Morgan fingerprint density at radius 3 is 2.77 bits per heavy atom. The Bertz CT molecular complexity index is 438. The summed E-state index contributed by atoms with van der Waals surface area (Å²) in [6.45, 7) is 0. The van der Waals surface area contributed by atoms with Crippen molar-refractivity contribution in [1.29, 1.82) is 0 Å². The van der Waals surface area contributed by atoms with Crippen LogP contribution in [0.15, 0.2) is 28.9 Å². The van der Waals surface area contributed by atoms with E-state index in [1.54, 1.807) is 6.07 Å². The topological polar surface area (TPSA) is 53.6 Å². The maximum absolute atomic E-state index is 13.1. The lowest BCUT2D eigenvalue weighted by Crippen LogP contribution is -2.32. The highest BCUT2D eigenvalue weighted by Crippen LogP contribution is 2.14. The summed E-state index contributed by atoms with van der Waals surface area (Å²) in [5.74, 6) is -0.649. The highest BCUT2D eigenvalue weighted by molar-refractivity contribution is 6.59. The molecule has 0 fully saturated rings. The molecule has 1 aromatic heterocycles. The van der Waals surface area contributed by atoms with E-state index in [0.29, 0.717) is 11.0 Å². The van der Waals surface area contributed by atoms with Gasteiger partial charge in [-0.25, -0.2) is 4.39 Å². The van der Waals surface area contributed by atoms with Crippen molar-refractivity contribution in [2.75, 3.05) is 0 Å². The Morgan fingerprint density at radius 2 is 2.08 bits per heavy atom. The van der Waals surface area contributed by atoms with Crippen LogP contribution in [0.4, 0.5) is 4.39 Å². The zero-order chi connectivity index (χ0) is 9.42. The van der Waals surface area contributed by atoms with Crippen LogP contribution in [0.5, 0.6) is 0 Å². The van der Waals surface area contributed by atoms with Crippen LogP contribution in [-0.2, 0) is 0 Å². The standard InChI is InChI=1S/C8H6BFO3/c10-7-3-5-1-2-13-8(5)4-6(7)9(11)12/h1-4,11-12H. The van der Waals surface area contributed by atoms with E-state index in [0.717, 1.165) is 0 Å². The van der Waals surface area contributed by atoms with Crippen molar-refractivity contribution in [3.05, 3.63) is 30.3 Å². The van der Waals surface area contributed by atoms with Crippen molar-refractivity contribution in [1.82, 2.24) is 0 Å². The molecule has 0 amide bonds. The van der Waals surface area contributed by atoms with E-state index in [9.17, 15) is 4.39 Å². The third-order valence-corrected chi connectivity index (χ3v) is 1.85. The van der Waals surface area contributed by atoms with Gasteiger partial charge in [-0.2, -0.15) is 0 Å². The zero-order valence-corrected chi connectivity index (χ0v) is 6.57. The number of rotatable bonds is 1. The molecule has 66 valence electrons. The van der Waals surface area contributed by atoms with Crippen LogP contribution < -0.4 is 5.46 Å². The van der Waals surface area contributed by atoms with Gasteiger partial charge in [0.15, 0.2) is 0 Å². The molecule has 2 aromatic rings. The molecule has 0 aliphatic heterocycles. The van der Waals surface area contributed by atoms with Crippen LogP contribution in [-0.4, -0.2) is 17.2 Å². The van der Waals surface area contributed by atoms with Gasteiger partial charge in [0, 0.05) is 10.8 Å². The van der Waals surface area contributed by atoms with E-state index in [4.69, 9.17) is 14.5 Å². The molecule has 1 aromatic carbocycles. The fraction of sp³-hybridized carbons (Fsp3) is 0. The fourth-order valence-corrected chi connectivity index (χ4v) is 1.20. The van der Waals surface area contributed by atoms with Crippen LogP contribution in [0.25, 0.3) is 11.0 Å². The van der Waals surface area contributed by atoms with Crippen LogP contribution in [0.1, 0.15) is 0 Å². The molecule has 2 N–H and O–H groups in total. The van der Waals surface area contributed by atoms with Crippen molar-refractivity contribution >= 4 is 23.6 Å². The summed E-state index contributed by atoms with van der Waals surface area (Å²) in [5, 5.41) is 18.1. The Balaban J connectivity index is 2.69. The molecule has 3 nitrogen and oxygen atoms in total. The molecule has 0 aliphatic rings. The average Bonchev–Trinajstić information content (AvgIpc) is 2.48. The first-order valence-electron chi connectivity index (χ1n) is 3.71. The molecular weight excluding hydrogens is 174 g/mol. The van der Waals surface area contributed by atoms with Crippen molar-refractivity contribution in [2.24, 2.45) is 0 Å². The molecule has 0 aliphatic carbocycles. The summed E-state index contributed by atoms with van der Waals surface area (Å²) in [7, 11) is -1.81. The first kappa shape index (κ1) is 8.28. The van der Waals surface area contributed by atoms with E-state index in [1.165, 1.54) is 18.4 Å². The van der Waals surface area contributed by atoms with Gasteiger partial charge < -0.3 is 14.5 Å². The molecule has 0 unspecified atom stereocenters. The molecule has 0 bridgehead atoms. The quantitative estimate of drug-likeness (QED) is 0.618. The van der Waals surface area contributed by atoms with Gasteiger partial charge >= 0.3 is 7.12 Å². The van der Waals surface area contributed by atoms with Gasteiger partial charge in [-0.05, 0) is 18.2 Å². The number of benzene rings is 1. The molecule has 0 spiro atoms. The highest BCUT2D eigenvalue weighted by Gasteiger charge is 2.17. The molecule has 2 rings (SSSR count). The SMILES string of the molecule is OB(O)c1cc2occc2cc1F. The van der Waals surface area contributed by atoms with Gasteiger partial charge in [0.2, 0.25) is 0 Å². The lowest BCUT2D eigenvalue weighted by molar-refractivity contribution is 0.423. The molecule has 0 saturated carbocycles. The van der Waals surface area contributed by atoms with Crippen LogP contribution in [0.2, 0.25) is 0 Å². The number of hydrogen-bond acceptors (Lipinski definition) is 3. The number of fused-ring (bicyclic) bond motifs is 1. The lowest BCUT2D eigenvalue weighted by Gasteiger charge is -2.00. The lowest BCUT2D eigenvalue weighted by atomic mass is 9.79. The maximum atomic E-state index is 13.1. The van der Waals surface area contributed by atoms with Crippen LogP contribution >= 0.6 is 0 Å². The molecule has 13 heavy (non-hydrogen) atoms. The maximum Gasteiger partial charge on any atom is 0.491 e. The monoisotopic (exact) mass is 180 g/mol. The van der Waals surface area contributed by atoms with Crippen molar-refractivity contribution in [2.45, 2.75) is 0 Å². The Morgan fingerprint density at radius 1 is 1.31 bits per heavy atom. The van der Waals surface area contributed by atoms with E-state index < -0.39 is 12.9 Å². The van der Waals surface area contributed by atoms with Gasteiger partial charge in [-0.3, -0.25) is 0 Å². The van der Waals surface area contributed by atoms with E-state index >= 15 is 0 Å². The van der Waals surface area contributed by atoms with Crippen molar-refractivity contribution in [3.8, 4) is 0 Å². The van der Waals surface area contributed by atoms with E-state index in [1.807, 2.05) is 0 Å². The minimum Gasteiger partial charge on any atom is -0.464 e. The summed E-state index contributed by atoms with van der Waals surface area (Å²) >= 11 is 0. The third kappa shape index (κ3) is 1.32. The molecule has 0 saturated heterocycles. The van der Waals surface area contributed by atoms with Crippen LogP contribution in [0, 0.1) is 5.82 Å². The van der Waals surface area contributed by atoms with E-state index in [-0.39, 0.29) is 5.46 Å². The van der Waals surface area contributed by atoms with Crippen LogP contribution in [0.3, 0.4) is 0 Å². The predicted molar refractivity (Wildman–Crippen MR) is 46.0 cm³/mol. The van der Waals surface area contributed by atoms with Gasteiger partial charge in [0.1, 0.15) is 11.4 Å².